The third kappa shape index (κ3) is 2.84. The molecule has 7 heteroatoms. The first-order valence-corrected chi connectivity index (χ1v) is 8.51. The van der Waals surface area contributed by atoms with E-state index in [2.05, 4.69) is 4.72 Å². The van der Waals surface area contributed by atoms with Crippen LogP contribution in [0.2, 0.25) is 5.02 Å². The lowest BCUT2D eigenvalue weighted by Gasteiger charge is -2.19. The maximum Gasteiger partial charge on any atom is 0.262 e. The van der Waals surface area contributed by atoms with Crippen LogP contribution in [0.25, 0.3) is 0 Å². The number of hydrogen-bond acceptors (Lipinski definition) is 4. The minimum absolute atomic E-state index is 0.108. The predicted octanol–water partition coefficient (Wildman–Crippen LogP) is 3.22. The number of hydrogen-bond donors (Lipinski definition) is 1. The van der Waals surface area contributed by atoms with Gasteiger partial charge in [-0.1, -0.05) is 17.7 Å². The van der Waals surface area contributed by atoms with Crippen LogP contribution in [-0.4, -0.2) is 21.6 Å². The number of fused-ring (bicyclic) bond motifs is 1. The SMILES string of the molecule is Cc1c(Cl)cccc1NS(=O)(=O)c1ccc2c(c1)OCCO2. The monoisotopic (exact) mass is 339 g/mol. The molecule has 2 aromatic rings. The fourth-order valence-corrected chi connectivity index (χ4v) is 3.42. The third-order valence-corrected chi connectivity index (χ3v) is 5.11. The van der Waals surface area contributed by atoms with Gasteiger partial charge in [-0.15, -0.1) is 0 Å². The van der Waals surface area contributed by atoms with E-state index in [0.717, 1.165) is 0 Å². The number of benzene rings is 2. The summed E-state index contributed by atoms with van der Waals surface area (Å²) in [5.41, 5.74) is 1.12. The lowest BCUT2D eigenvalue weighted by molar-refractivity contribution is 0.171. The molecule has 1 N–H and O–H groups in total. The van der Waals surface area contributed by atoms with Gasteiger partial charge in [0.1, 0.15) is 13.2 Å². The maximum atomic E-state index is 12.5. The Morgan fingerprint density at radius 2 is 1.82 bits per heavy atom. The summed E-state index contributed by atoms with van der Waals surface area (Å²) >= 11 is 6.01. The average Bonchev–Trinajstić information content (AvgIpc) is 2.51. The Balaban J connectivity index is 1.94. The molecule has 0 bridgehead atoms. The molecule has 1 heterocycles. The molecule has 0 amide bonds. The zero-order valence-electron chi connectivity index (χ0n) is 11.8. The van der Waals surface area contributed by atoms with Gasteiger partial charge in [0, 0.05) is 11.1 Å². The van der Waals surface area contributed by atoms with E-state index in [1.165, 1.54) is 12.1 Å². The molecule has 1 aliphatic heterocycles. The van der Waals surface area contributed by atoms with Crippen molar-refractivity contribution in [2.45, 2.75) is 11.8 Å². The van der Waals surface area contributed by atoms with E-state index in [9.17, 15) is 8.42 Å². The fourth-order valence-electron chi connectivity index (χ4n) is 2.11. The lowest BCUT2D eigenvalue weighted by atomic mass is 10.2. The second kappa shape index (κ2) is 5.70. The minimum atomic E-state index is -3.73. The van der Waals surface area contributed by atoms with Crippen LogP contribution in [0.3, 0.4) is 0 Å². The Kier molecular flexibility index (Phi) is 3.88. The van der Waals surface area contributed by atoms with Crippen LogP contribution in [0.4, 0.5) is 5.69 Å². The molecule has 0 saturated carbocycles. The smallest absolute Gasteiger partial charge is 0.262 e. The van der Waals surface area contributed by atoms with Crippen molar-refractivity contribution in [1.29, 1.82) is 0 Å². The first kappa shape index (κ1) is 15.0. The average molecular weight is 340 g/mol. The second-order valence-corrected chi connectivity index (χ2v) is 6.91. The van der Waals surface area contributed by atoms with E-state index in [4.69, 9.17) is 21.1 Å². The molecule has 0 aliphatic carbocycles. The first-order valence-electron chi connectivity index (χ1n) is 6.65. The Bertz CT molecular complexity index is 820. The molecule has 0 unspecified atom stereocenters. The quantitative estimate of drug-likeness (QED) is 0.932. The van der Waals surface area contributed by atoms with Crippen molar-refractivity contribution in [3.63, 3.8) is 0 Å². The summed E-state index contributed by atoms with van der Waals surface area (Å²) in [5.74, 6) is 0.973. The van der Waals surface area contributed by atoms with Crippen LogP contribution in [0.15, 0.2) is 41.3 Å². The molecular formula is C15H14ClNO4S. The van der Waals surface area contributed by atoms with Crippen molar-refractivity contribution in [3.05, 3.63) is 47.0 Å². The number of nitrogens with one attached hydrogen (secondary N) is 1. The molecule has 22 heavy (non-hydrogen) atoms. The van der Waals surface area contributed by atoms with Gasteiger partial charge in [0.05, 0.1) is 10.6 Å². The lowest BCUT2D eigenvalue weighted by Crippen LogP contribution is -2.17. The predicted molar refractivity (Wildman–Crippen MR) is 84.4 cm³/mol. The Hall–Kier alpha value is -1.92. The summed E-state index contributed by atoms with van der Waals surface area (Å²) in [7, 11) is -3.73. The molecule has 3 rings (SSSR count). The minimum Gasteiger partial charge on any atom is -0.486 e. The van der Waals surface area contributed by atoms with Gasteiger partial charge >= 0.3 is 0 Å². The Morgan fingerprint density at radius 1 is 1.09 bits per heavy atom. The number of sulfonamides is 1. The van der Waals surface area contributed by atoms with Gasteiger partial charge in [-0.3, -0.25) is 4.72 Å². The van der Waals surface area contributed by atoms with Crippen molar-refractivity contribution in [1.82, 2.24) is 0 Å². The molecule has 0 atom stereocenters. The first-order chi connectivity index (χ1) is 10.5. The topological polar surface area (TPSA) is 64.6 Å². The van der Waals surface area contributed by atoms with Crippen molar-refractivity contribution >= 4 is 27.3 Å². The van der Waals surface area contributed by atoms with Gasteiger partial charge in [0.15, 0.2) is 11.5 Å². The van der Waals surface area contributed by atoms with Gasteiger partial charge in [-0.2, -0.15) is 0 Å². The van der Waals surface area contributed by atoms with Crippen molar-refractivity contribution in [2.24, 2.45) is 0 Å². The highest BCUT2D eigenvalue weighted by atomic mass is 35.5. The van der Waals surface area contributed by atoms with Gasteiger partial charge in [-0.25, -0.2) is 8.42 Å². The number of anilines is 1. The number of ether oxygens (including phenoxy) is 2. The van der Waals surface area contributed by atoms with Crippen LogP contribution in [0, 0.1) is 6.92 Å². The largest absolute Gasteiger partial charge is 0.486 e. The van der Waals surface area contributed by atoms with Crippen molar-refractivity contribution < 1.29 is 17.9 Å². The summed E-state index contributed by atoms with van der Waals surface area (Å²) in [5, 5.41) is 0.502. The van der Waals surface area contributed by atoms with Crippen molar-refractivity contribution in [2.75, 3.05) is 17.9 Å². The van der Waals surface area contributed by atoms with Crippen LogP contribution in [-0.2, 0) is 10.0 Å². The van der Waals surface area contributed by atoms with E-state index in [1.807, 2.05) is 0 Å². The Labute approximate surface area is 133 Å². The third-order valence-electron chi connectivity index (χ3n) is 3.34. The van der Waals surface area contributed by atoms with Crippen LogP contribution in [0.1, 0.15) is 5.56 Å². The molecular weight excluding hydrogens is 326 g/mol. The fraction of sp³-hybridized carbons (Fsp3) is 0.200. The molecule has 116 valence electrons. The van der Waals surface area contributed by atoms with E-state index in [0.29, 0.717) is 41.0 Å². The van der Waals surface area contributed by atoms with Gasteiger partial charge in [0.2, 0.25) is 0 Å². The van der Waals surface area contributed by atoms with Crippen LogP contribution < -0.4 is 14.2 Å². The zero-order chi connectivity index (χ0) is 15.7. The molecule has 0 spiro atoms. The summed E-state index contributed by atoms with van der Waals surface area (Å²) in [6.07, 6.45) is 0. The highest BCUT2D eigenvalue weighted by Crippen LogP contribution is 2.33. The van der Waals surface area contributed by atoms with Crippen LogP contribution >= 0.6 is 11.6 Å². The summed E-state index contributed by atoms with van der Waals surface area (Å²) in [6, 6.07) is 9.59. The van der Waals surface area contributed by atoms with Crippen molar-refractivity contribution in [3.8, 4) is 11.5 Å². The number of rotatable bonds is 3. The van der Waals surface area contributed by atoms with Crippen LogP contribution in [0.5, 0.6) is 11.5 Å². The summed E-state index contributed by atoms with van der Waals surface area (Å²) < 4.78 is 38.3. The van der Waals surface area contributed by atoms with Gasteiger partial charge < -0.3 is 9.47 Å². The molecule has 0 radical (unpaired) electrons. The molecule has 1 aliphatic rings. The van der Waals surface area contributed by atoms with E-state index in [1.54, 1.807) is 31.2 Å². The maximum absolute atomic E-state index is 12.5. The van der Waals surface area contributed by atoms with Gasteiger partial charge in [0.25, 0.3) is 10.0 Å². The molecule has 2 aromatic carbocycles. The summed E-state index contributed by atoms with van der Waals surface area (Å²) in [6.45, 7) is 2.61. The normalized spacial score (nSPS) is 13.7. The van der Waals surface area contributed by atoms with Gasteiger partial charge in [-0.05, 0) is 36.8 Å². The standard InChI is InChI=1S/C15H14ClNO4S/c1-10-12(16)3-2-4-13(10)17-22(18,19)11-5-6-14-15(9-11)21-8-7-20-14/h2-6,9,17H,7-8H2,1H3. The highest BCUT2D eigenvalue weighted by Gasteiger charge is 2.20. The highest BCUT2D eigenvalue weighted by molar-refractivity contribution is 7.92. The second-order valence-electron chi connectivity index (χ2n) is 4.82. The molecule has 0 aromatic heterocycles. The van der Waals surface area contributed by atoms with E-state index in [-0.39, 0.29) is 4.90 Å². The van der Waals surface area contributed by atoms with E-state index < -0.39 is 10.0 Å². The molecule has 0 saturated heterocycles. The zero-order valence-corrected chi connectivity index (χ0v) is 13.4. The summed E-state index contributed by atoms with van der Waals surface area (Å²) in [4.78, 5) is 0.108. The van der Waals surface area contributed by atoms with E-state index >= 15 is 0 Å². The Morgan fingerprint density at radius 3 is 2.59 bits per heavy atom. The molecule has 0 fully saturated rings. The number of halogens is 1. The molecule has 5 nitrogen and oxygen atoms in total.